The van der Waals surface area contributed by atoms with Crippen LogP contribution in [-0.4, -0.2) is 45.4 Å². The Kier molecular flexibility index (Phi) is 8.26. The van der Waals surface area contributed by atoms with E-state index in [-0.39, 0.29) is 5.91 Å². The standard InChI is InChI=1S/C24H31N3O3S/c1-27(23-10-6-3-7-11-23)18-17-25-24(28)21-12-14-22(15-13-21)26-31(29,30)19-16-20-8-4-2-5-9-20/h2,4-5,8-9,12-16,19,23,26H,3,6-7,10-11,17-18H2,1H3,(H,25,28)/b19-16+. The molecule has 0 aliphatic heterocycles. The second kappa shape index (κ2) is 11.1. The van der Waals surface area contributed by atoms with E-state index in [1.54, 1.807) is 24.3 Å². The molecule has 2 N–H and O–H groups in total. The lowest BCUT2D eigenvalue weighted by atomic mass is 9.94. The van der Waals surface area contributed by atoms with E-state index in [9.17, 15) is 13.2 Å². The molecule has 1 aliphatic carbocycles. The summed E-state index contributed by atoms with van der Waals surface area (Å²) in [7, 11) is -1.52. The molecule has 0 aromatic heterocycles. The Morgan fingerprint density at radius 3 is 2.39 bits per heavy atom. The van der Waals surface area contributed by atoms with Crippen LogP contribution in [0.5, 0.6) is 0 Å². The van der Waals surface area contributed by atoms with Gasteiger partial charge in [-0.25, -0.2) is 8.42 Å². The molecule has 0 heterocycles. The molecule has 0 spiro atoms. The van der Waals surface area contributed by atoms with Crippen molar-refractivity contribution < 1.29 is 13.2 Å². The van der Waals surface area contributed by atoms with Crippen LogP contribution in [0.2, 0.25) is 0 Å². The fourth-order valence-corrected chi connectivity index (χ4v) is 4.64. The number of hydrogen-bond acceptors (Lipinski definition) is 4. The summed E-state index contributed by atoms with van der Waals surface area (Å²) in [6.07, 6.45) is 7.93. The maximum absolute atomic E-state index is 12.4. The Labute approximate surface area is 185 Å². The van der Waals surface area contributed by atoms with E-state index in [0.29, 0.717) is 23.8 Å². The molecule has 1 amide bonds. The maximum atomic E-state index is 12.4. The summed E-state index contributed by atoms with van der Waals surface area (Å²) < 4.78 is 27.0. The van der Waals surface area contributed by atoms with Crippen molar-refractivity contribution in [2.24, 2.45) is 0 Å². The normalized spacial score (nSPS) is 15.3. The number of benzene rings is 2. The highest BCUT2D eigenvalue weighted by molar-refractivity contribution is 7.95. The predicted octanol–water partition coefficient (Wildman–Crippen LogP) is 4.09. The zero-order valence-corrected chi connectivity index (χ0v) is 18.8. The van der Waals surface area contributed by atoms with E-state index in [2.05, 4.69) is 22.0 Å². The summed E-state index contributed by atoms with van der Waals surface area (Å²) in [5, 5.41) is 4.08. The average molecular weight is 442 g/mol. The molecule has 1 aliphatic rings. The van der Waals surface area contributed by atoms with E-state index in [1.165, 1.54) is 38.2 Å². The van der Waals surface area contributed by atoms with E-state index < -0.39 is 10.0 Å². The second-order valence-electron chi connectivity index (χ2n) is 7.97. The minimum atomic E-state index is -3.64. The fourth-order valence-electron chi connectivity index (χ4n) is 3.77. The molecule has 166 valence electrons. The van der Waals surface area contributed by atoms with Crippen molar-refractivity contribution in [2.75, 3.05) is 24.9 Å². The van der Waals surface area contributed by atoms with Gasteiger partial charge in [0.2, 0.25) is 0 Å². The van der Waals surface area contributed by atoms with E-state index >= 15 is 0 Å². The molecule has 6 nitrogen and oxygen atoms in total. The number of likely N-dealkylation sites (N-methyl/N-ethyl adjacent to an activating group) is 1. The molecule has 0 atom stereocenters. The number of nitrogens with one attached hydrogen (secondary N) is 2. The van der Waals surface area contributed by atoms with Gasteiger partial charge in [0.15, 0.2) is 0 Å². The summed E-state index contributed by atoms with van der Waals surface area (Å²) in [5.41, 5.74) is 1.71. The third-order valence-electron chi connectivity index (χ3n) is 5.59. The van der Waals surface area contributed by atoms with Gasteiger partial charge in [0.1, 0.15) is 0 Å². The zero-order chi connectivity index (χ0) is 22.1. The largest absolute Gasteiger partial charge is 0.351 e. The molecule has 31 heavy (non-hydrogen) atoms. The number of hydrogen-bond donors (Lipinski definition) is 2. The van der Waals surface area contributed by atoms with Gasteiger partial charge in [-0.3, -0.25) is 9.52 Å². The van der Waals surface area contributed by atoms with Crippen molar-refractivity contribution in [2.45, 2.75) is 38.1 Å². The van der Waals surface area contributed by atoms with E-state index in [1.807, 2.05) is 30.3 Å². The van der Waals surface area contributed by atoms with Crippen LogP contribution in [0.3, 0.4) is 0 Å². The van der Waals surface area contributed by atoms with E-state index in [4.69, 9.17) is 0 Å². The maximum Gasteiger partial charge on any atom is 0.255 e. The number of nitrogens with zero attached hydrogens (tertiary/aromatic N) is 1. The minimum Gasteiger partial charge on any atom is -0.351 e. The van der Waals surface area contributed by atoms with Crippen molar-refractivity contribution >= 4 is 27.7 Å². The number of amides is 1. The lowest BCUT2D eigenvalue weighted by Gasteiger charge is -2.31. The molecular formula is C24H31N3O3S. The predicted molar refractivity (Wildman–Crippen MR) is 126 cm³/mol. The molecule has 0 radical (unpaired) electrons. The molecule has 1 fully saturated rings. The van der Waals surface area contributed by atoms with Gasteiger partial charge in [-0.05, 0) is 55.8 Å². The van der Waals surface area contributed by atoms with Crippen LogP contribution < -0.4 is 10.0 Å². The molecule has 0 saturated heterocycles. The summed E-state index contributed by atoms with van der Waals surface area (Å²) in [6, 6.07) is 16.3. The number of carbonyl (C=O) groups excluding carboxylic acids is 1. The van der Waals surface area contributed by atoms with Gasteiger partial charge in [0.25, 0.3) is 15.9 Å². The molecular weight excluding hydrogens is 410 g/mol. The highest BCUT2D eigenvalue weighted by atomic mass is 32.2. The van der Waals surface area contributed by atoms with Crippen LogP contribution in [-0.2, 0) is 10.0 Å². The van der Waals surface area contributed by atoms with Crippen LogP contribution >= 0.6 is 0 Å². The Bertz CT molecular complexity index is 967. The van der Waals surface area contributed by atoms with Crippen LogP contribution in [0.4, 0.5) is 5.69 Å². The van der Waals surface area contributed by atoms with Crippen LogP contribution in [0.15, 0.2) is 60.0 Å². The second-order valence-corrected chi connectivity index (χ2v) is 9.53. The number of anilines is 1. The van der Waals surface area contributed by atoms with Gasteiger partial charge < -0.3 is 10.2 Å². The molecule has 2 aromatic carbocycles. The van der Waals surface area contributed by atoms with Gasteiger partial charge in [-0.2, -0.15) is 0 Å². The van der Waals surface area contributed by atoms with Gasteiger partial charge in [0, 0.05) is 30.4 Å². The summed E-state index contributed by atoms with van der Waals surface area (Å²) in [6.45, 7) is 1.41. The number of carbonyl (C=O) groups is 1. The quantitative estimate of drug-likeness (QED) is 0.614. The van der Waals surface area contributed by atoms with Crippen molar-refractivity contribution in [1.29, 1.82) is 0 Å². The Morgan fingerprint density at radius 2 is 1.71 bits per heavy atom. The number of rotatable bonds is 9. The smallest absolute Gasteiger partial charge is 0.255 e. The fraction of sp³-hybridized carbons (Fsp3) is 0.375. The zero-order valence-electron chi connectivity index (χ0n) is 18.0. The molecule has 0 unspecified atom stereocenters. The van der Waals surface area contributed by atoms with Gasteiger partial charge >= 0.3 is 0 Å². The molecule has 0 bridgehead atoms. The Morgan fingerprint density at radius 1 is 1.03 bits per heavy atom. The van der Waals surface area contributed by atoms with Gasteiger partial charge in [-0.1, -0.05) is 49.6 Å². The van der Waals surface area contributed by atoms with Crippen molar-refractivity contribution in [3.8, 4) is 0 Å². The Hall–Kier alpha value is -2.64. The summed E-state index contributed by atoms with van der Waals surface area (Å²) in [4.78, 5) is 14.7. The average Bonchev–Trinajstić information content (AvgIpc) is 2.79. The highest BCUT2D eigenvalue weighted by Crippen LogP contribution is 2.21. The van der Waals surface area contributed by atoms with Crippen molar-refractivity contribution in [1.82, 2.24) is 10.2 Å². The SMILES string of the molecule is CN(CCNC(=O)c1ccc(NS(=O)(=O)/C=C/c2ccccc2)cc1)C1CCCCC1. The van der Waals surface area contributed by atoms with E-state index in [0.717, 1.165) is 17.5 Å². The van der Waals surface area contributed by atoms with Crippen LogP contribution in [0.1, 0.15) is 48.0 Å². The van der Waals surface area contributed by atoms with Crippen molar-refractivity contribution in [3.63, 3.8) is 0 Å². The van der Waals surface area contributed by atoms with Crippen molar-refractivity contribution in [3.05, 3.63) is 71.1 Å². The summed E-state index contributed by atoms with van der Waals surface area (Å²) in [5.74, 6) is -0.157. The molecule has 1 saturated carbocycles. The minimum absolute atomic E-state index is 0.157. The lowest BCUT2D eigenvalue weighted by Crippen LogP contribution is -2.39. The first kappa shape index (κ1) is 23.0. The molecule has 7 heteroatoms. The highest BCUT2D eigenvalue weighted by Gasteiger charge is 2.17. The lowest BCUT2D eigenvalue weighted by molar-refractivity contribution is 0.0944. The third-order valence-corrected chi connectivity index (χ3v) is 6.61. The first-order valence-corrected chi connectivity index (χ1v) is 12.3. The first-order valence-electron chi connectivity index (χ1n) is 10.8. The number of sulfonamides is 1. The van der Waals surface area contributed by atoms with Gasteiger partial charge in [0.05, 0.1) is 5.41 Å². The molecule has 3 rings (SSSR count). The summed E-state index contributed by atoms with van der Waals surface area (Å²) >= 11 is 0. The topological polar surface area (TPSA) is 78.5 Å². The van der Waals surface area contributed by atoms with Gasteiger partial charge in [-0.15, -0.1) is 0 Å². The Balaban J connectivity index is 1.47. The molecule has 2 aromatic rings. The van der Waals surface area contributed by atoms with Crippen LogP contribution in [0, 0.1) is 0 Å². The monoisotopic (exact) mass is 441 g/mol. The first-order chi connectivity index (χ1) is 14.9. The van der Waals surface area contributed by atoms with Crippen LogP contribution in [0.25, 0.3) is 6.08 Å². The third kappa shape index (κ3) is 7.52.